The first-order valence-corrected chi connectivity index (χ1v) is 9.55. The van der Waals surface area contributed by atoms with Crippen LogP contribution in [0.2, 0.25) is 0 Å². The normalized spacial score (nSPS) is 22.6. The number of hydrogen-bond donors (Lipinski definition) is 1. The van der Waals surface area contributed by atoms with Gasteiger partial charge in [0.2, 0.25) is 11.8 Å². The Morgan fingerprint density at radius 2 is 2.17 bits per heavy atom. The minimum Gasteiger partial charge on any atom is -0.350 e. The predicted molar refractivity (Wildman–Crippen MR) is 90.0 cm³/mol. The van der Waals surface area contributed by atoms with Crippen molar-refractivity contribution in [3.63, 3.8) is 0 Å². The minimum atomic E-state index is -0.0717. The molecule has 6 heteroatoms. The van der Waals surface area contributed by atoms with E-state index in [0.717, 1.165) is 30.0 Å². The van der Waals surface area contributed by atoms with E-state index in [1.807, 2.05) is 10.3 Å². The van der Waals surface area contributed by atoms with Gasteiger partial charge in [-0.1, -0.05) is 19.8 Å². The summed E-state index contributed by atoms with van der Waals surface area (Å²) in [6.45, 7) is 3.16. The number of carbonyl (C=O) groups is 2. The molecule has 0 spiro atoms. The van der Waals surface area contributed by atoms with Crippen molar-refractivity contribution in [1.82, 2.24) is 15.2 Å². The van der Waals surface area contributed by atoms with Crippen LogP contribution in [0.15, 0.2) is 5.38 Å². The van der Waals surface area contributed by atoms with Gasteiger partial charge in [-0.05, 0) is 25.7 Å². The molecule has 0 unspecified atom stereocenters. The summed E-state index contributed by atoms with van der Waals surface area (Å²) < 4.78 is 0. The summed E-state index contributed by atoms with van der Waals surface area (Å²) in [5.74, 6) is 0.220. The third-order valence-electron chi connectivity index (χ3n) is 4.93. The van der Waals surface area contributed by atoms with E-state index in [4.69, 9.17) is 0 Å². The Kier molecular flexibility index (Phi) is 5.30. The zero-order valence-electron chi connectivity index (χ0n) is 13.7. The lowest BCUT2D eigenvalue weighted by Crippen LogP contribution is -2.49. The fourth-order valence-electron chi connectivity index (χ4n) is 3.57. The lowest BCUT2D eigenvalue weighted by molar-refractivity contribution is -0.140. The highest BCUT2D eigenvalue weighted by Gasteiger charge is 2.35. The number of aromatic nitrogens is 1. The number of nitrogens with zero attached hydrogens (tertiary/aromatic N) is 2. The predicted octanol–water partition coefficient (Wildman–Crippen LogP) is 2.50. The Morgan fingerprint density at radius 1 is 1.39 bits per heavy atom. The molecule has 1 N–H and O–H groups in total. The Labute approximate surface area is 141 Å². The van der Waals surface area contributed by atoms with E-state index in [0.29, 0.717) is 32.0 Å². The van der Waals surface area contributed by atoms with Crippen molar-refractivity contribution in [1.29, 1.82) is 0 Å². The second kappa shape index (κ2) is 7.43. The molecule has 2 aliphatic rings. The molecule has 0 radical (unpaired) electrons. The van der Waals surface area contributed by atoms with Crippen molar-refractivity contribution < 1.29 is 9.59 Å². The summed E-state index contributed by atoms with van der Waals surface area (Å²) in [7, 11) is 0. The molecular weight excluding hydrogens is 310 g/mol. The highest BCUT2D eigenvalue weighted by molar-refractivity contribution is 7.09. The quantitative estimate of drug-likeness (QED) is 0.899. The monoisotopic (exact) mass is 335 g/mol. The smallest absolute Gasteiger partial charge is 0.225 e. The summed E-state index contributed by atoms with van der Waals surface area (Å²) in [6, 6.07) is 0.365. The summed E-state index contributed by atoms with van der Waals surface area (Å²) in [6.07, 6.45) is 6.71. The van der Waals surface area contributed by atoms with Crippen LogP contribution in [0, 0.1) is 5.92 Å². The van der Waals surface area contributed by atoms with E-state index in [9.17, 15) is 9.59 Å². The first-order chi connectivity index (χ1) is 11.2. The molecule has 1 aliphatic heterocycles. The second-order valence-electron chi connectivity index (χ2n) is 6.52. The van der Waals surface area contributed by atoms with Crippen LogP contribution in [0.4, 0.5) is 0 Å². The Morgan fingerprint density at radius 3 is 2.87 bits per heavy atom. The Hall–Kier alpha value is -1.43. The van der Waals surface area contributed by atoms with Crippen LogP contribution in [-0.4, -0.2) is 34.3 Å². The molecule has 1 aromatic heterocycles. The van der Waals surface area contributed by atoms with Crippen molar-refractivity contribution in [2.24, 2.45) is 5.92 Å². The third-order valence-corrected chi connectivity index (χ3v) is 5.97. The average Bonchev–Trinajstić information content (AvgIpc) is 3.24. The molecule has 126 valence electrons. The van der Waals surface area contributed by atoms with Gasteiger partial charge >= 0.3 is 0 Å². The second-order valence-corrected chi connectivity index (χ2v) is 7.47. The molecule has 0 aromatic carbocycles. The molecule has 1 saturated carbocycles. The Balaban J connectivity index is 1.53. The van der Waals surface area contributed by atoms with E-state index in [-0.39, 0.29) is 17.7 Å². The van der Waals surface area contributed by atoms with Crippen LogP contribution in [-0.2, 0) is 22.6 Å². The van der Waals surface area contributed by atoms with E-state index >= 15 is 0 Å². The molecule has 2 fully saturated rings. The molecule has 2 heterocycles. The summed E-state index contributed by atoms with van der Waals surface area (Å²) in [5.41, 5.74) is 0.930. The van der Waals surface area contributed by atoms with E-state index in [1.165, 1.54) is 12.8 Å². The van der Waals surface area contributed by atoms with Crippen molar-refractivity contribution in [2.75, 3.05) is 6.54 Å². The van der Waals surface area contributed by atoms with E-state index in [2.05, 4.69) is 17.2 Å². The van der Waals surface area contributed by atoms with Gasteiger partial charge < -0.3 is 10.2 Å². The van der Waals surface area contributed by atoms with Crippen LogP contribution in [0.1, 0.15) is 56.2 Å². The van der Waals surface area contributed by atoms with Gasteiger partial charge in [-0.15, -0.1) is 11.3 Å². The van der Waals surface area contributed by atoms with Gasteiger partial charge in [0.25, 0.3) is 0 Å². The first kappa shape index (κ1) is 16.4. The van der Waals surface area contributed by atoms with E-state index in [1.54, 1.807) is 11.3 Å². The summed E-state index contributed by atoms with van der Waals surface area (Å²) in [4.78, 5) is 31.0. The molecule has 5 nitrogen and oxygen atoms in total. The average molecular weight is 335 g/mol. The van der Waals surface area contributed by atoms with Gasteiger partial charge in [0.1, 0.15) is 0 Å². The highest BCUT2D eigenvalue weighted by atomic mass is 32.1. The molecule has 1 aromatic rings. The molecule has 1 aliphatic carbocycles. The van der Waals surface area contributed by atoms with Crippen LogP contribution < -0.4 is 5.32 Å². The lowest BCUT2D eigenvalue weighted by Gasteiger charge is -2.36. The van der Waals surface area contributed by atoms with Crippen LogP contribution in [0.5, 0.6) is 0 Å². The van der Waals surface area contributed by atoms with Gasteiger partial charge in [-0.25, -0.2) is 4.98 Å². The lowest BCUT2D eigenvalue weighted by atomic mass is 9.95. The third kappa shape index (κ3) is 3.91. The van der Waals surface area contributed by atoms with Gasteiger partial charge in [0, 0.05) is 24.4 Å². The van der Waals surface area contributed by atoms with Crippen LogP contribution >= 0.6 is 11.3 Å². The van der Waals surface area contributed by atoms with Crippen molar-refractivity contribution in [3.05, 3.63) is 16.1 Å². The molecule has 0 bridgehead atoms. The fraction of sp³-hybridized carbons (Fsp3) is 0.706. The SMILES string of the molecule is CCc1nc(CNC(=O)[C@H]2CCC(=O)N(C3CCCC3)C2)cs1. The molecular formula is C17H25N3O2S. The Bertz CT molecular complexity index is 566. The van der Waals surface area contributed by atoms with Crippen molar-refractivity contribution in [3.8, 4) is 0 Å². The number of likely N-dealkylation sites (tertiary alicyclic amines) is 1. The van der Waals surface area contributed by atoms with Crippen molar-refractivity contribution >= 4 is 23.2 Å². The number of hydrogen-bond acceptors (Lipinski definition) is 4. The van der Waals surface area contributed by atoms with Gasteiger partial charge in [0.05, 0.1) is 23.2 Å². The maximum Gasteiger partial charge on any atom is 0.225 e. The van der Waals surface area contributed by atoms with Crippen molar-refractivity contribution in [2.45, 2.75) is 64.5 Å². The maximum absolute atomic E-state index is 12.4. The van der Waals surface area contributed by atoms with Gasteiger partial charge in [0.15, 0.2) is 0 Å². The molecule has 3 rings (SSSR count). The molecule has 2 amide bonds. The largest absolute Gasteiger partial charge is 0.350 e. The molecule has 23 heavy (non-hydrogen) atoms. The zero-order chi connectivity index (χ0) is 16.2. The summed E-state index contributed by atoms with van der Waals surface area (Å²) in [5, 5.41) is 6.11. The molecule has 1 atom stereocenters. The number of amides is 2. The summed E-state index contributed by atoms with van der Waals surface area (Å²) >= 11 is 1.64. The van der Waals surface area contributed by atoms with Crippen LogP contribution in [0.3, 0.4) is 0 Å². The highest BCUT2D eigenvalue weighted by Crippen LogP contribution is 2.28. The van der Waals surface area contributed by atoms with Gasteiger partial charge in [-0.3, -0.25) is 9.59 Å². The number of nitrogens with one attached hydrogen (secondary N) is 1. The molecule has 1 saturated heterocycles. The first-order valence-electron chi connectivity index (χ1n) is 8.67. The fourth-order valence-corrected chi connectivity index (χ4v) is 4.31. The number of aryl methyl sites for hydroxylation is 1. The number of carbonyl (C=O) groups excluding carboxylic acids is 2. The van der Waals surface area contributed by atoms with E-state index < -0.39 is 0 Å². The standard InChI is InChI=1S/C17H25N3O2S/c1-2-15-19-13(11-23-15)9-18-17(22)12-7-8-16(21)20(10-12)14-5-3-4-6-14/h11-12,14H,2-10H2,1H3,(H,18,22)/t12-/m0/s1. The minimum absolute atomic E-state index is 0.0616. The van der Waals surface area contributed by atoms with Crippen LogP contribution in [0.25, 0.3) is 0 Å². The topological polar surface area (TPSA) is 62.3 Å². The zero-order valence-corrected chi connectivity index (χ0v) is 14.5. The maximum atomic E-state index is 12.4. The van der Waals surface area contributed by atoms with Gasteiger partial charge in [-0.2, -0.15) is 0 Å². The number of rotatable bonds is 5. The number of thiazole rings is 1. The number of piperidine rings is 1.